The zero-order valence-corrected chi connectivity index (χ0v) is 12.1. The molecule has 98 valence electrons. The summed E-state index contributed by atoms with van der Waals surface area (Å²) in [6, 6.07) is 10.5. The molecule has 1 aromatic rings. The number of hydrogen-bond donors (Lipinski definition) is 0. The van der Waals surface area contributed by atoms with E-state index in [1.165, 1.54) is 16.8 Å². The minimum atomic E-state index is 0.556. The van der Waals surface area contributed by atoms with Crippen molar-refractivity contribution < 1.29 is 0 Å². The largest absolute Gasteiger partial charge is 0.374 e. The summed E-state index contributed by atoms with van der Waals surface area (Å²) in [4.78, 5) is 2.24. The molecule has 0 aromatic heterocycles. The van der Waals surface area contributed by atoms with E-state index in [9.17, 15) is 0 Å². The van der Waals surface area contributed by atoms with Crippen LogP contribution in [0, 0.1) is 5.92 Å². The first kappa shape index (κ1) is 14.6. The van der Waals surface area contributed by atoms with Crippen LogP contribution >= 0.6 is 0 Å². The molecule has 1 unspecified atom stereocenters. The number of likely N-dealkylation sites (N-methyl/N-ethyl adjacent to an activating group) is 1. The van der Waals surface area contributed by atoms with Gasteiger partial charge in [-0.25, -0.2) is 0 Å². The second-order valence-electron chi connectivity index (χ2n) is 4.93. The van der Waals surface area contributed by atoms with Crippen molar-refractivity contribution in [2.75, 3.05) is 13.6 Å². The first-order chi connectivity index (χ1) is 8.56. The molecule has 0 heterocycles. The maximum Gasteiger partial charge on any atom is 0.0359 e. The van der Waals surface area contributed by atoms with Crippen LogP contribution in [0.4, 0.5) is 0 Å². The van der Waals surface area contributed by atoms with Gasteiger partial charge >= 0.3 is 0 Å². The minimum absolute atomic E-state index is 0.556. The molecule has 1 rings (SSSR count). The van der Waals surface area contributed by atoms with E-state index in [-0.39, 0.29) is 0 Å². The first-order valence-electron chi connectivity index (χ1n) is 6.68. The highest BCUT2D eigenvalue weighted by atomic mass is 15.1. The lowest BCUT2D eigenvalue weighted by Gasteiger charge is -2.24. The van der Waals surface area contributed by atoms with Gasteiger partial charge in [-0.05, 0) is 30.4 Å². The van der Waals surface area contributed by atoms with Crippen molar-refractivity contribution in [3.63, 3.8) is 0 Å². The maximum absolute atomic E-state index is 4.17. The Morgan fingerprint density at radius 1 is 1.33 bits per heavy atom. The fourth-order valence-electron chi connectivity index (χ4n) is 1.82. The number of hydrogen-bond acceptors (Lipinski definition) is 1. The summed E-state index contributed by atoms with van der Waals surface area (Å²) in [5, 5.41) is 0. The van der Waals surface area contributed by atoms with Gasteiger partial charge in [0.15, 0.2) is 0 Å². The Hall–Kier alpha value is -1.50. The standard InChI is InChI=1S/C17H25N/c1-6-14(2)16(4)18(5)13-12-15(3)17-10-8-7-9-11-17/h7-12,14H,4,6,13H2,1-3,5H3/b15-12-. The highest BCUT2D eigenvalue weighted by Crippen LogP contribution is 2.17. The van der Waals surface area contributed by atoms with E-state index in [1.807, 2.05) is 6.07 Å². The van der Waals surface area contributed by atoms with Crippen LogP contribution in [0.2, 0.25) is 0 Å². The summed E-state index contributed by atoms with van der Waals surface area (Å²) in [5.41, 5.74) is 3.83. The Balaban J connectivity index is 2.61. The molecule has 0 saturated carbocycles. The third-order valence-corrected chi connectivity index (χ3v) is 3.57. The maximum atomic E-state index is 4.17. The van der Waals surface area contributed by atoms with Gasteiger partial charge in [-0.15, -0.1) is 0 Å². The lowest BCUT2D eigenvalue weighted by Crippen LogP contribution is -2.21. The van der Waals surface area contributed by atoms with Crippen LogP contribution in [0.5, 0.6) is 0 Å². The molecule has 0 spiro atoms. The highest BCUT2D eigenvalue weighted by Gasteiger charge is 2.07. The molecule has 0 N–H and O–H groups in total. The number of nitrogens with zero attached hydrogens (tertiary/aromatic N) is 1. The second kappa shape index (κ2) is 7.05. The molecule has 0 fully saturated rings. The fraction of sp³-hybridized carbons (Fsp3) is 0.412. The Bertz CT molecular complexity index is 403. The van der Waals surface area contributed by atoms with E-state index in [0.29, 0.717) is 5.92 Å². The van der Waals surface area contributed by atoms with E-state index < -0.39 is 0 Å². The molecule has 0 radical (unpaired) electrons. The topological polar surface area (TPSA) is 3.24 Å². The molecule has 1 nitrogen and oxygen atoms in total. The average Bonchev–Trinajstić information content (AvgIpc) is 2.43. The van der Waals surface area contributed by atoms with E-state index in [1.54, 1.807) is 0 Å². The summed E-state index contributed by atoms with van der Waals surface area (Å²) in [5.74, 6) is 0.556. The van der Waals surface area contributed by atoms with Crippen molar-refractivity contribution in [2.45, 2.75) is 27.2 Å². The van der Waals surface area contributed by atoms with Crippen molar-refractivity contribution in [2.24, 2.45) is 5.92 Å². The molecule has 1 aromatic carbocycles. The van der Waals surface area contributed by atoms with Gasteiger partial charge in [-0.2, -0.15) is 0 Å². The van der Waals surface area contributed by atoms with E-state index in [0.717, 1.165) is 13.0 Å². The summed E-state index contributed by atoms with van der Waals surface area (Å²) in [7, 11) is 2.11. The third kappa shape index (κ3) is 4.06. The second-order valence-corrected chi connectivity index (χ2v) is 4.93. The van der Waals surface area contributed by atoms with Crippen molar-refractivity contribution in [3.8, 4) is 0 Å². The molecule has 0 aliphatic heterocycles. The summed E-state index contributed by atoms with van der Waals surface area (Å²) >= 11 is 0. The highest BCUT2D eigenvalue weighted by molar-refractivity contribution is 5.63. The van der Waals surface area contributed by atoms with Crippen molar-refractivity contribution >= 4 is 5.57 Å². The molecule has 18 heavy (non-hydrogen) atoms. The molecule has 1 heteroatoms. The fourth-order valence-corrected chi connectivity index (χ4v) is 1.82. The summed E-state index contributed by atoms with van der Waals surface area (Å²) < 4.78 is 0. The molecule has 0 aliphatic carbocycles. The lowest BCUT2D eigenvalue weighted by atomic mass is 10.0. The monoisotopic (exact) mass is 243 g/mol. The predicted molar refractivity (Wildman–Crippen MR) is 81.3 cm³/mol. The van der Waals surface area contributed by atoms with Gasteiger partial charge in [0.05, 0.1) is 0 Å². The molecule has 0 saturated heterocycles. The number of benzene rings is 1. The molecule has 0 amide bonds. The minimum Gasteiger partial charge on any atom is -0.374 e. The van der Waals surface area contributed by atoms with Gasteiger partial charge in [-0.3, -0.25) is 0 Å². The molecule has 0 bridgehead atoms. The third-order valence-electron chi connectivity index (χ3n) is 3.57. The van der Waals surface area contributed by atoms with Crippen molar-refractivity contribution in [3.05, 3.63) is 54.2 Å². The molecular weight excluding hydrogens is 218 g/mol. The summed E-state index contributed by atoms with van der Waals surface area (Å²) in [6.45, 7) is 11.7. The van der Waals surface area contributed by atoms with Crippen molar-refractivity contribution in [1.29, 1.82) is 0 Å². The Kier molecular flexibility index (Phi) is 5.70. The molecular formula is C17H25N. The van der Waals surface area contributed by atoms with Crippen molar-refractivity contribution in [1.82, 2.24) is 4.90 Å². The SMILES string of the molecule is C=C(C(C)CC)N(C)C/C=C(/C)c1ccccc1. The van der Waals surface area contributed by atoms with Gasteiger partial charge in [0.25, 0.3) is 0 Å². The Morgan fingerprint density at radius 2 is 1.94 bits per heavy atom. The summed E-state index contributed by atoms with van der Waals surface area (Å²) in [6.07, 6.45) is 3.41. The van der Waals surface area contributed by atoms with Gasteiger partial charge in [-0.1, -0.05) is 56.8 Å². The van der Waals surface area contributed by atoms with Crippen LogP contribution in [-0.4, -0.2) is 18.5 Å². The van der Waals surface area contributed by atoms with E-state index >= 15 is 0 Å². The van der Waals surface area contributed by atoms with Crippen LogP contribution in [0.25, 0.3) is 5.57 Å². The van der Waals surface area contributed by atoms with E-state index in [2.05, 4.69) is 69.6 Å². The van der Waals surface area contributed by atoms with Gasteiger partial charge in [0, 0.05) is 19.3 Å². The van der Waals surface area contributed by atoms with E-state index in [4.69, 9.17) is 0 Å². The Labute approximate surface area is 112 Å². The average molecular weight is 243 g/mol. The number of rotatable bonds is 6. The zero-order chi connectivity index (χ0) is 13.5. The van der Waals surface area contributed by atoms with Crippen LogP contribution in [-0.2, 0) is 0 Å². The van der Waals surface area contributed by atoms with Gasteiger partial charge < -0.3 is 4.90 Å². The zero-order valence-electron chi connectivity index (χ0n) is 12.1. The van der Waals surface area contributed by atoms with Crippen LogP contribution in [0.1, 0.15) is 32.8 Å². The number of allylic oxidation sites excluding steroid dienone is 2. The van der Waals surface area contributed by atoms with Crippen LogP contribution < -0.4 is 0 Å². The van der Waals surface area contributed by atoms with Crippen LogP contribution in [0.3, 0.4) is 0 Å². The normalized spacial score (nSPS) is 13.2. The first-order valence-corrected chi connectivity index (χ1v) is 6.68. The quantitative estimate of drug-likeness (QED) is 0.707. The smallest absolute Gasteiger partial charge is 0.0359 e. The van der Waals surface area contributed by atoms with Gasteiger partial charge in [0.2, 0.25) is 0 Å². The van der Waals surface area contributed by atoms with Crippen LogP contribution in [0.15, 0.2) is 48.7 Å². The van der Waals surface area contributed by atoms with Gasteiger partial charge in [0.1, 0.15) is 0 Å². The lowest BCUT2D eigenvalue weighted by molar-refractivity contribution is 0.396. The Morgan fingerprint density at radius 3 is 2.50 bits per heavy atom. The molecule has 1 atom stereocenters. The predicted octanol–water partition coefficient (Wildman–Crippen LogP) is 4.58. The molecule has 0 aliphatic rings.